The first-order chi connectivity index (χ1) is 11.4. The van der Waals surface area contributed by atoms with Gasteiger partial charge in [-0.15, -0.1) is 0 Å². The Morgan fingerprint density at radius 1 is 1.00 bits per heavy atom. The number of para-hydroxylation sites is 1. The van der Waals surface area contributed by atoms with E-state index in [9.17, 15) is 18.0 Å². The van der Waals surface area contributed by atoms with E-state index < -0.39 is 17.8 Å². The van der Waals surface area contributed by atoms with Crippen LogP contribution in [-0.4, -0.2) is 12.6 Å². The molecule has 0 radical (unpaired) electrons. The van der Waals surface area contributed by atoms with Gasteiger partial charge in [-0.25, -0.2) is 4.79 Å². The van der Waals surface area contributed by atoms with Gasteiger partial charge in [0.25, 0.3) is 0 Å². The molecule has 0 bridgehead atoms. The van der Waals surface area contributed by atoms with Gasteiger partial charge in [0.2, 0.25) is 0 Å². The van der Waals surface area contributed by atoms with Crippen LogP contribution in [-0.2, 0) is 19.0 Å². The monoisotopic (exact) mass is 336 g/mol. The zero-order chi connectivity index (χ0) is 17.6. The third kappa shape index (κ3) is 5.01. The Bertz CT molecular complexity index is 681. The second-order valence-electron chi connectivity index (χ2n) is 5.34. The number of anilines is 1. The Morgan fingerprint density at radius 2 is 1.62 bits per heavy atom. The summed E-state index contributed by atoms with van der Waals surface area (Å²) >= 11 is 0. The van der Waals surface area contributed by atoms with E-state index in [-0.39, 0.29) is 5.69 Å². The molecule has 0 heterocycles. The lowest BCUT2D eigenvalue weighted by atomic mass is 10.1. The number of hydrogen-bond donors (Lipinski definition) is 2. The number of aryl methyl sites for hydroxylation is 1. The molecule has 0 fully saturated rings. The first-order valence-electron chi connectivity index (χ1n) is 7.69. The number of hydrogen-bond acceptors (Lipinski definition) is 1. The normalized spacial score (nSPS) is 11.2. The third-order valence-corrected chi connectivity index (χ3v) is 3.61. The van der Waals surface area contributed by atoms with Gasteiger partial charge in [0.15, 0.2) is 0 Å². The van der Waals surface area contributed by atoms with Crippen LogP contribution in [0.4, 0.5) is 23.7 Å². The number of urea groups is 1. The highest BCUT2D eigenvalue weighted by molar-refractivity contribution is 5.90. The topological polar surface area (TPSA) is 41.1 Å². The molecule has 2 aromatic rings. The Balaban J connectivity index is 1.87. The fourth-order valence-corrected chi connectivity index (χ4v) is 2.27. The fourth-order valence-electron chi connectivity index (χ4n) is 2.27. The molecule has 0 aliphatic heterocycles. The minimum Gasteiger partial charge on any atom is -0.338 e. The molecular formula is C18H19F3N2O. The highest BCUT2D eigenvalue weighted by atomic mass is 19.4. The summed E-state index contributed by atoms with van der Waals surface area (Å²) < 4.78 is 38.6. The molecule has 128 valence electrons. The minimum absolute atomic E-state index is 0.255. The largest absolute Gasteiger partial charge is 0.418 e. The number of rotatable bonds is 5. The van der Waals surface area contributed by atoms with Crippen molar-refractivity contribution in [2.45, 2.75) is 25.9 Å². The van der Waals surface area contributed by atoms with Crippen LogP contribution in [0, 0.1) is 0 Å². The summed E-state index contributed by atoms with van der Waals surface area (Å²) in [6, 6.07) is 12.2. The molecule has 2 rings (SSSR count). The highest BCUT2D eigenvalue weighted by Gasteiger charge is 2.33. The van der Waals surface area contributed by atoms with Crippen LogP contribution >= 0.6 is 0 Å². The van der Waals surface area contributed by atoms with Crippen molar-refractivity contribution in [3.05, 3.63) is 65.2 Å². The SMILES string of the molecule is CCc1ccc(CCNC(=O)Nc2ccccc2C(F)(F)F)cc1. The van der Waals surface area contributed by atoms with Crippen molar-refractivity contribution in [2.75, 3.05) is 11.9 Å². The second kappa shape index (κ2) is 7.86. The molecule has 0 saturated carbocycles. The number of benzene rings is 2. The molecule has 2 N–H and O–H groups in total. The van der Waals surface area contributed by atoms with Crippen LogP contribution in [0.1, 0.15) is 23.6 Å². The standard InChI is InChI=1S/C18H19F3N2O/c1-2-13-7-9-14(10-8-13)11-12-22-17(24)23-16-6-4-3-5-15(16)18(19,20)21/h3-10H,2,11-12H2,1H3,(H2,22,23,24). The Labute approximate surface area is 138 Å². The summed E-state index contributed by atoms with van der Waals surface area (Å²) in [4.78, 5) is 11.8. The third-order valence-electron chi connectivity index (χ3n) is 3.61. The molecule has 0 unspecified atom stereocenters. The summed E-state index contributed by atoms with van der Waals surface area (Å²) in [6.45, 7) is 2.41. The first-order valence-corrected chi connectivity index (χ1v) is 7.69. The van der Waals surface area contributed by atoms with E-state index in [1.54, 1.807) is 0 Å². The number of carbonyl (C=O) groups excluding carboxylic acids is 1. The van der Waals surface area contributed by atoms with E-state index >= 15 is 0 Å². The summed E-state index contributed by atoms with van der Waals surface area (Å²) in [6.07, 6.45) is -2.94. The molecule has 0 spiro atoms. The fraction of sp³-hybridized carbons (Fsp3) is 0.278. The van der Waals surface area contributed by atoms with E-state index in [4.69, 9.17) is 0 Å². The van der Waals surface area contributed by atoms with Gasteiger partial charge in [0, 0.05) is 6.54 Å². The number of carbonyl (C=O) groups is 1. The maximum atomic E-state index is 12.9. The number of amides is 2. The molecule has 2 aromatic carbocycles. The lowest BCUT2D eigenvalue weighted by molar-refractivity contribution is -0.136. The van der Waals surface area contributed by atoms with Gasteiger partial charge in [-0.05, 0) is 36.1 Å². The first kappa shape index (κ1) is 17.8. The molecule has 0 aromatic heterocycles. The quantitative estimate of drug-likeness (QED) is 0.821. The van der Waals surface area contributed by atoms with E-state index in [1.165, 1.54) is 23.8 Å². The molecule has 6 heteroatoms. The molecule has 24 heavy (non-hydrogen) atoms. The zero-order valence-corrected chi connectivity index (χ0v) is 13.3. The number of halogens is 3. The smallest absolute Gasteiger partial charge is 0.338 e. The summed E-state index contributed by atoms with van der Waals surface area (Å²) in [5.41, 5.74) is 1.17. The van der Waals surface area contributed by atoms with Crippen LogP contribution in [0.2, 0.25) is 0 Å². The minimum atomic E-state index is -4.51. The predicted octanol–water partition coefficient (Wildman–Crippen LogP) is 4.63. The van der Waals surface area contributed by atoms with Gasteiger partial charge in [-0.2, -0.15) is 13.2 Å². The average Bonchev–Trinajstić information content (AvgIpc) is 2.55. The van der Waals surface area contributed by atoms with E-state index in [0.717, 1.165) is 18.1 Å². The summed E-state index contributed by atoms with van der Waals surface area (Å²) in [5, 5.41) is 4.82. The second-order valence-corrected chi connectivity index (χ2v) is 5.34. The maximum absolute atomic E-state index is 12.9. The van der Waals surface area contributed by atoms with Crippen molar-refractivity contribution in [1.29, 1.82) is 0 Å². The van der Waals surface area contributed by atoms with Gasteiger partial charge in [-0.3, -0.25) is 0 Å². The van der Waals surface area contributed by atoms with Crippen LogP contribution in [0.25, 0.3) is 0 Å². The Hall–Kier alpha value is -2.50. The summed E-state index contributed by atoms with van der Waals surface area (Å²) in [7, 11) is 0. The van der Waals surface area contributed by atoms with Crippen LogP contribution < -0.4 is 10.6 Å². The van der Waals surface area contributed by atoms with Crippen molar-refractivity contribution in [3.63, 3.8) is 0 Å². The van der Waals surface area contributed by atoms with Crippen LogP contribution in [0.5, 0.6) is 0 Å². The van der Waals surface area contributed by atoms with Gasteiger partial charge in [-0.1, -0.05) is 43.3 Å². The summed E-state index contributed by atoms with van der Waals surface area (Å²) in [5.74, 6) is 0. The maximum Gasteiger partial charge on any atom is 0.418 e. The molecule has 0 atom stereocenters. The van der Waals surface area contributed by atoms with Gasteiger partial charge < -0.3 is 10.6 Å². The molecule has 3 nitrogen and oxygen atoms in total. The van der Waals surface area contributed by atoms with Crippen molar-refractivity contribution in [2.24, 2.45) is 0 Å². The highest BCUT2D eigenvalue weighted by Crippen LogP contribution is 2.34. The lowest BCUT2D eigenvalue weighted by Gasteiger charge is -2.14. The molecule has 0 aliphatic rings. The molecular weight excluding hydrogens is 317 g/mol. The Morgan fingerprint density at radius 3 is 2.25 bits per heavy atom. The number of nitrogens with one attached hydrogen (secondary N) is 2. The molecule has 0 saturated heterocycles. The van der Waals surface area contributed by atoms with Gasteiger partial charge in [0.05, 0.1) is 11.3 Å². The van der Waals surface area contributed by atoms with Crippen LogP contribution in [0.3, 0.4) is 0 Å². The van der Waals surface area contributed by atoms with Crippen LogP contribution in [0.15, 0.2) is 48.5 Å². The van der Waals surface area contributed by atoms with Crippen molar-refractivity contribution < 1.29 is 18.0 Å². The van der Waals surface area contributed by atoms with E-state index in [2.05, 4.69) is 17.6 Å². The van der Waals surface area contributed by atoms with E-state index in [0.29, 0.717) is 13.0 Å². The van der Waals surface area contributed by atoms with Crippen molar-refractivity contribution >= 4 is 11.7 Å². The van der Waals surface area contributed by atoms with Crippen molar-refractivity contribution in [3.8, 4) is 0 Å². The zero-order valence-electron chi connectivity index (χ0n) is 13.3. The lowest BCUT2D eigenvalue weighted by Crippen LogP contribution is -2.31. The van der Waals surface area contributed by atoms with Gasteiger partial charge >= 0.3 is 12.2 Å². The Kier molecular flexibility index (Phi) is 5.84. The molecule has 2 amide bonds. The molecule has 0 aliphatic carbocycles. The average molecular weight is 336 g/mol. The number of alkyl halides is 3. The van der Waals surface area contributed by atoms with Crippen molar-refractivity contribution in [1.82, 2.24) is 5.32 Å². The predicted molar refractivity (Wildman–Crippen MR) is 88.0 cm³/mol. The van der Waals surface area contributed by atoms with E-state index in [1.807, 2.05) is 24.3 Å². The van der Waals surface area contributed by atoms with Gasteiger partial charge in [0.1, 0.15) is 0 Å².